The first kappa shape index (κ1) is 29.7. The molecular formula is C27H43N3O6. The minimum atomic E-state index is -0.577. The van der Waals surface area contributed by atoms with Gasteiger partial charge in [-0.15, -0.1) is 0 Å². The number of nitrogens with one attached hydrogen (secondary N) is 3. The molecule has 1 saturated carbocycles. The summed E-state index contributed by atoms with van der Waals surface area (Å²) < 4.78 is 11.6. The number of esters is 1. The van der Waals surface area contributed by atoms with Gasteiger partial charge < -0.3 is 14.8 Å². The van der Waals surface area contributed by atoms with Crippen molar-refractivity contribution in [3.05, 3.63) is 29.8 Å². The van der Waals surface area contributed by atoms with Gasteiger partial charge in [0.05, 0.1) is 12.2 Å². The van der Waals surface area contributed by atoms with Crippen LogP contribution in [0.25, 0.3) is 0 Å². The van der Waals surface area contributed by atoms with E-state index < -0.39 is 6.04 Å². The summed E-state index contributed by atoms with van der Waals surface area (Å²) in [6.07, 6.45) is 7.77. The lowest BCUT2D eigenvalue weighted by atomic mass is 10.1. The maximum atomic E-state index is 12.8. The van der Waals surface area contributed by atoms with Gasteiger partial charge in [-0.3, -0.25) is 24.9 Å². The van der Waals surface area contributed by atoms with E-state index in [1.165, 1.54) is 0 Å². The molecule has 2 rings (SSSR count). The van der Waals surface area contributed by atoms with Crippen molar-refractivity contribution in [3.8, 4) is 0 Å². The summed E-state index contributed by atoms with van der Waals surface area (Å²) in [4.78, 5) is 36.1. The van der Waals surface area contributed by atoms with Crippen LogP contribution in [0.5, 0.6) is 0 Å². The number of anilines is 1. The molecule has 0 heterocycles. The molecule has 0 radical (unpaired) electrons. The van der Waals surface area contributed by atoms with Crippen LogP contribution in [-0.2, 0) is 30.4 Å². The molecule has 1 aromatic carbocycles. The van der Waals surface area contributed by atoms with E-state index >= 15 is 0 Å². The van der Waals surface area contributed by atoms with Gasteiger partial charge >= 0.3 is 5.97 Å². The number of ether oxygens (including phenoxy) is 2. The number of carbonyl (C=O) groups excluding carboxylic acids is 3. The smallest absolute Gasteiger partial charge is 0.325 e. The fourth-order valence-corrected chi connectivity index (χ4v) is 4.00. The highest BCUT2D eigenvalue weighted by atomic mass is 16.6. The molecule has 1 aliphatic carbocycles. The molecule has 202 valence electrons. The Morgan fingerprint density at radius 3 is 2.33 bits per heavy atom. The number of hydrogen-bond acceptors (Lipinski definition) is 7. The molecule has 0 aliphatic heterocycles. The predicted molar refractivity (Wildman–Crippen MR) is 137 cm³/mol. The van der Waals surface area contributed by atoms with Crippen molar-refractivity contribution in [2.75, 3.05) is 11.9 Å². The molecule has 1 atom stereocenters. The van der Waals surface area contributed by atoms with E-state index in [1.54, 1.807) is 5.48 Å². The summed E-state index contributed by atoms with van der Waals surface area (Å²) in [7, 11) is 0. The Hall–Kier alpha value is -2.49. The average molecular weight is 506 g/mol. The van der Waals surface area contributed by atoms with Crippen LogP contribution in [0.1, 0.15) is 90.5 Å². The Morgan fingerprint density at radius 2 is 1.69 bits per heavy atom. The maximum absolute atomic E-state index is 12.8. The predicted octanol–water partition coefficient (Wildman–Crippen LogP) is 4.23. The number of rotatable bonds is 15. The SMILES string of the molecule is CC(C)(C)OCC(NCc1cccc(NC(=O)CCCCCCC(=O)NO)c1)C(=O)OC1CCCC1. The first-order valence-electron chi connectivity index (χ1n) is 13.1. The van der Waals surface area contributed by atoms with Crippen molar-refractivity contribution in [1.82, 2.24) is 10.8 Å². The zero-order valence-corrected chi connectivity index (χ0v) is 21.9. The molecule has 4 N–H and O–H groups in total. The van der Waals surface area contributed by atoms with E-state index in [2.05, 4.69) is 10.6 Å². The Morgan fingerprint density at radius 1 is 1.03 bits per heavy atom. The minimum absolute atomic E-state index is 0.00461. The van der Waals surface area contributed by atoms with E-state index in [-0.39, 0.29) is 42.5 Å². The second-order valence-electron chi connectivity index (χ2n) is 10.4. The largest absolute Gasteiger partial charge is 0.461 e. The zero-order valence-electron chi connectivity index (χ0n) is 21.9. The topological polar surface area (TPSA) is 126 Å². The van der Waals surface area contributed by atoms with Crippen molar-refractivity contribution in [2.24, 2.45) is 0 Å². The molecule has 2 amide bonds. The van der Waals surface area contributed by atoms with Crippen LogP contribution in [-0.4, -0.2) is 47.3 Å². The zero-order chi connectivity index (χ0) is 26.4. The standard InChI is InChI=1S/C27H43N3O6/c1-27(2,3)35-19-23(26(33)36-22-13-8-9-14-22)28-18-20-11-10-12-21(17-20)29-24(31)15-6-4-5-7-16-25(32)30-34/h10-12,17,22-23,28,34H,4-9,13-16,18-19H2,1-3H3,(H,29,31)(H,30,32). The quantitative estimate of drug-likeness (QED) is 0.122. The summed E-state index contributed by atoms with van der Waals surface area (Å²) in [6.45, 7) is 6.51. The van der Waals surface area contributed by atoms with Gasteiger partial charge in [0.25, 0.3) is 0 Å². The molecule has 1 fully saturated rings. The average Bonchev–Trinajstić information content (AvgIpc) is 3.33. The number of amides is 2. The highest BCUT2D eigenvalue weighted by Gasteiger charge is 2.27. The Labute approximate surface area is 214 Å². The van der Waals surface area contributed by atoms with E-state index in [9.17, 15) is 14.4 Å². The second kappa shape index (κ2) is 15.6. The Kier molecular flexibility index (Phi) is 12.9. The molecule has 9 heteroatoms. The van der Waals surface area contributed by atoms with Crippen molar-refractivity contribution in [1.29, 1.82) is 0 Å². The van der Waals surface area contributed by atoms with Gasteiger partial charge in [-0.1, -0.05) is 25.0 Å². The van der Waals surface area contributed by atoms with Crippen LogP contribution in [0.3, 0.4) is 0 Å². The van der Waals surface area contributed by atoms with Crippen molar-refractivity contribution in [2.45, 2.75) is 109 Å². The Bertz CT molecular complexity index is 833. The van der Waals surface area contributed by atoms with E-state index in [4.69, 9.17) is 14.7 Å². The Balaban J connectivity index is 1.81. The molecule has 0 bridgehead atoms. The first-order valence-corrected chi connectivity index (χ1v) is 13.1. The third kappa shape index (κ3) is 12.5. The number of benzene rings is 1. The first-order chi connectivity index (χ1) is 17.2. The van der Waals surface area contributed by atoms with Crippen LogP contribution >= 0.6 is 0 Å². The van der Waals surface area contributed by atoms with Crippen molar-refractivity contribution < 1.29 is 29.1 Å². The summed E-state index contributed by atoms with van der Waals surface area (Å²) in [5, 5.41) is 14.7. The fourth-order valence-electron chi connectivity index (χ4n) is 4.00. The van der Waals surface area contributed by atoms with Gasteiger partial charge in [0.1, 0.15) is 12.1 Å². The number of unbranched alkanes of at least 4 members (excludes halogenated alkanes) is 3. The van der Waals surface area contributed by atoms with Gasteiger partial charge in [-0.2, -0.15) is 0 Å². The van der Waals surface area contributed by atoms with Gasteiger partial charge in [-0.05, 0) is 77.0 Å². The molecule has 9 nitrogen and oxygen atoms in total. The number of carbonyl (C=O) groups is 3. The van der Waals surface area contributed by atoms with Crippen molar-refractivity contribution >= 4 is 23.5 Å². The third-order valence-corrected chi connectivity index (χ3v) is 6.00. The summed E-state index contributed by atoms with van der Waals surface area (Å²) >= 11 is 0. The number of hydrogen-bond donors (Lipinski definition) is 4. The van der Waals surface area contributed by atoms with E-state index in [1.807, 2.05) is 45.0 Å². The molecule has 0 saturated heterocycles. The summed E-state index contributed by atoms with van der Waals surface area (Å²) in [5.74, 6) is -0.738. The van der Waals surface area contributed by atoms with Crippen LogP contribution < -0.4 is 16.1 Å². The lowest BCUT2D eigenvalue weighted by molar-refractivity contribution is -0.154. The van der Waals surface area contributed by atoms with Gasteiger partial charge in [-0.25, -0.2) is 5.48 Å². The molecule has 0 spiro atoms. The molecular weight excluding hydrogens is 462 g/mol. The molecule has 1 aromatic rings. The maximum Gasteiger partial charge on any atom is 0.325 e. The third-order valence-electron chi connectivity index (χ3n) is 6.00. The number of hydroxylamine groups is 1. The van der Waals surface area contributed by atoms with E-state index in [0.717, 1.165) is 50.5 Å². The van der Waals surface area contributed by atoms with Crippen LogP contribution in [0.15, 0.2) is 24.3 Å². The minimum Gasteiger partial charge on any atom is -0.461 e. The molecule has 0 aromatic heterocycles. The monoisotopic (exact) mass is 505 g/mol. The van der Waals surface area contributed by atoms with Crippen LogP contribution in [0.4, 0.5) is 5.69 Å². The second-order valence-corrected chi connectivity index (χ2v) is 10.4. The summed E-state index contributed by atoms with van der Waals surface area (Å²) in [6, 6.07) is 6.96. The summed E-state index contributed by atoms with van der Waals surface area (Å²) in [5.41, 5.74) is 2.89. The molecule has 1 unspecified atom stereocenters. The lowest BCUT2D eigenvalue weighted by Gasteiger charge is -2.25. The normalized spacial score (nSPS) is 14.9. The van der Waals surface area contributed by atoms with Gasteiger partial charge in [0.2, 0.25) is 11.8 Å². The van der Waals surface area contributed by atoms with Crippen LogP contribution in [0.2, 0.25) is 0 Å². The van der Waals surface area contributed by atoms with E-state index in [0.29, 0.717) is 25.1 Å². The highest BCUT2D eigenvalue weighted by Crippen LogP contribution is 2.22. The van der Waals surface area contributed by atoms with Crippen LogP contribution in [0, 0.1) is 0 Å². The highest BCUT2D eigenvalue weighted by molar-refractivity contribution is 5.90. The van der Waals surface area contributed by atoms with Gasteiger partial charge in [0.15, 0.2) is 0 Å². The molecule has 1 aliphatic rings. The van der Waals surface area contributed by atoms with Crippen molar-refractivity contribution in [3.63, 3.8) is 0 Å². The lowest BCUT2D eigenvalue weighted by Crippen LogP contribution is -2.44. The molecule has 36 heavy (non-hydrogen) atoms. The van der Waals surface area contributed by atoms with Gasteiger partial charge in [0, 0.05) is 25.1 Å². The fraction of sp³-hybridized carbons (Fsp3) is 0.667.